The van der Waals surface area contributed by atoms with Crippen LogP contribution in [0.1, 0.15) is 19.8 Å². The molecule has 1 aromatic rings. The maximum Gasteiger partial charge on any atom is 0.240 e. The third kappa shape index (κ3) is 2.40. The van der Waals surface area contributed by atoms with Gasteiger partial charge < -0.3 is 4.90 Å². The minimum absolute atomic E-state index is 0.181. The molecule has 1 fully saturated rings. The van der Waals surface area contributed by atoms with Gasteiger partial charge in [0.1, 0.15) is 0 Å². The fourth-order valence-corrected chi connectivity index (χ4v) is 3.24. The average molecular weight is 235 g/mol. The van der Waals surface area contributed by atoms with Crippen LogP contribution in [-0.2, 0) is 4.79 Å². The number of anilines is 1. The van der Waals surface area contributed by atoms with Crippen molar-refractivity contribution in [2.45, 2.75) is 25.0 Å². The monoisotopic (exact) mass is 235 g/mol. The second-order valence-corrected chi connectivity index (χ2v) is 5.23. The summed E-state index contributed by atoms with van der Waals surface area (Å²) in [5.41, 5.74) is 1.02. The number of benzene rings is 1. The predicted molar refractivity (Wildman–Crippen MR) is 69.9 cm³/mol. The molecule has 0 radical (unpaired) electrons. The van der Waals surface area contributed by atoms with Crippen molar-refractivity contribution < 1.29 is 4.79 Å². The normalized spacial score (nSPS) is 19.7. The van der Waals surface area contributed by atoms with Crippen LogP contribution in [0.4, 0.5) is 5.69 Å². The van der Waals surface area contributed by atoms with Crippen molar-refractivity contribution in [2.24, 2.45) is 0 Å². The summed E-state index contributed by atoms with van der Waals surface area (Å²) in [7, 11) is 0. The molecule has 1 aliphatic heterocycles. The van der Waals surface area contributed by atoms with E-state index in [-0.39, 0.29) is 11.2 Å². The Kier molecular flexibility index (Phi) is 3.88. The molecule has 0 aliphatic carbocycles. The van der Waals surface area contributed by atoms with E-state index in [0.717, 1.165) is 24.4 Å². The second kappa shape index (κ2) is 5.39. The van der Waals surface area contributed by atoms with E-state index < -0.39 is 0 Å². The van der Waals surface area contributed by atoms with Gasteiger partial charge in [0.15, 0.2) is 0 Å². The van der Waals surface area contributed by atoms with Crippen molar-refractivity contribution in [3.05, 3.63) is 30.3 Å². The summed E-state index contributed by atoms with van der Waals surface area (Å²) in [5.74, 6) is 1.40. The standard InChI is InChI=1S/C13H17NOS/c1-2-14(11-7-4-3-5-8-11)13(15)12-9-6-10-16-12/h3-5,7-8,12H,2,6,9-10H2,1H3. The summed E-state index contributed by atoms with van der Waals surface area (Å²) in [4.78, 5) is 14.2. The van der Waals surface area contributed by atoms with Gasteiger partial charge in [-0.3, -0.25) is 4.79 Å². The molecule has 1 heterocycles. The molecule has 0 bridgehead atoms. The van der Waals surface area contributed by atoms with Crippen LogP contribution in [0.15, 0.2) is 30.3 Å². The van der Waals surface area contributed by atoms with E-state index in [0.29, 0.717) is 0 Å². The summed E-state index contributed by atoms with van der Waals surface area (Å²) in [6.07, 6.45) is 2.21. The lowest BCUT2D eigenvalue weighted by atomic mass is 10.2. The largest absolute Gasteiger partial charge is 0.312 e. The summed E-state index contributed by atoms with van der Waals surface area (Å²) in [5, 5.41) is 0.181. The summed E-state index contributed by atoms with van der Waals surface area (Å²) < 4.78 is 0. The number of para-hydroxylation sites is 1. The molecule has 1 aliphatic rings. The quantitative estimate of drug-likeness (QED) is 0.803. The van der Waals surface area contributed by atoms with Gasteiger partial charge in [0.25, 0.3) is 0 Å². The average Bonchev–Trinajstić information content (AvgIpc) is 2.85. The predicted octanol–water partition coefficient (Wildman–Crippen LogP) is 2.94. The summed E-state index contributed by atoms with van der Waals surface area (Å²) in [6, 6.07) is 9.94. The lowest BCUT2D eigenvalue weighted by Gasteiger charge is -2.23. The maximum absolute atomic E-state index is 12.3. The number of hydrogen-bond donors (Lipinski definition) is 0. The van der Waals surface area contributed by atoms with E-state index >= 15 is 0 Å². The lowest BCUT2D eigenvalue weighted by molar-refractivity contribution is -0.118. The fourth-order valence-electron chi connectivity index (χ4n) is 2.02. The Bertz CT molecular complexity index is 346. The van der Waals surface area contributed by atoms with E-state index in [1.54, 1.807) is 11.8 Å². The lowest BCUT2D eigenvalue weighted by Crippen LogP contribution is -2.36. The molecule has 0 saturated carbocycles. The van der Waals surface area contributed by atoms with Crippen molar-refractivity contribution in [2.75, 3.05) is 17.2 Å². The number of amides is 1. The SMILES string of the molecule is CCN(C(=O)C1CCCS1)c1ccccc1. The molecule has 86 valence electrons. The Morgan fingerprint density at radius 1 is 1.44 bits per heavy atom. The number of thioether (sulfide) groups is 1. The highest BCUT2D eigenvalue weighted by molar-refractivity contribution is 8.00. The number of hydrogen-bond acceptors (Lipinski definition) is 2. The zero-order chi connectivity index (χ0) is 11.4. The Balaban J connectivity index is 2.13. The first-order valence-corrected chi connectivity index (χ1v) is 6.86. The van der Waals surface area contributed by atoms with Gasteiger partial charge in [0.2, 0.25) is 5.91 Å². The molecule has 1 saturated heterocycles. The topological polar surface area (TPSA) is 20.3 Å². The molecule has 1 amide bonds. The minimum Gasteiger partial charge on any atom is -0.312 e. The molecule has 2 nitrogen and oxygen atoms in total. The van der Waals surface area contributed by atoms with Crippen molar-refractivity contribution >= 4 is 23.4 Å². The van der Waals surface area contributed by atoms with Crippen molar-refractivity contribution in [3.63, 3.8) is 0 Å². The van der Waals surface area contributed by atoms with E-state index in [4.69, 9.17) is 0 Å². The highest BCUT2D eigenvalue weighted by Crippen LogP contribution is 2.29. The molecule has 16 heavy (non-hydrogen) atoms. The van der Waals surface area contributed by atoms with E-state index in [1.165, 1.54) is 6.42 Å². The van der Waals surface area contributed by atoms with Gasteiger partial charge >= 0.3 is 0 Å². The number of carbonyl (C=O) groups excluding carboxylic acids is 1. The zero-order valence-electron chi connectivity index (χ0n) is 9.56. The van der Waals surface area contributed by atoms with Crippen LogP contribution in [0.3, 0.4) is 0 Å². The maximum atomic E-state index is 12.3. The highest BCUT2D eigenvalue weighted by atomic mass is 32.2. The molecular weight excluding hydrogens is 218 g/mol. The van der Waals surface area contributed by atoms with Crippen molar-refractivity contribution in [1.82, 2.24) is 0 Å². The van der Waals surface area contributed by atoms with Crippen LogP contribution in [0, 0.1) is 0 Å². The van der Waals surface area contributed by atoms with Gasteiger partial charge in [0, 0.05) is 12.2 Å². The molecule has 1 atom stereocenters. The van der Waals surface area contributed by atoms with E-state index in [1.807, 2.05) is 42.2 Å². The first-order chi connectivity index (χ1) is 7.83. The van der Waals surface area contributed by atoms with Gasteiger partial charge in [-0.2, -0.15) is 0 Å². The summed E-state index contributed by atoms with van der Waals surface area (Å²) >= 11 is 1.80. The van der Waals surface area contributed by atoms with E-state index in [9.17, 15) is 4.79 Å². The third-order valence-electron chi connectivity index (χ3n) is 2.86. The minimum atomic E-state index is 0.181. The molecule has 1 unspecified atom stereocenters. The molecular formula is C13H17NOS. The highest BCUT2D eigenvalue weighted by Gasteiger charge is 2.27. The third-order valence-corrected chi connectivity index (χ3v) is 4.22. The van der Waals surface area contributed by atoms with Gasteiger partial charge in [-0.15, -0.1) is 11.8 Å². The Morgan fingerprint density at radius 3 is 2.75 bits per heavy atom. The van der Waals surface area contributed by atoms with E-state index in [2.05, 4.69) is 0 Å². The summed E-state index contributed by atoms with van der Waals surface area (Å²) in [6.45, 7) is 2.78. The fraction of sp³-hybridized carbons (Fsp3) is 0.462. The van der Waals surface area contributed by atoms with Crippen LogP contribution < -0.4 is 4.90 Å². The molecule has 0 aromatic heterocycles. The molecule has 3 heteroatoms. The Morgan fingerprint density at radius 2 is 2.19 bits per heavy atom. The van der Waals surface area contributed by atoms with Crippen molar-refractivity contribution in [1.29, 1.82) is 0 Å². The number of carbonyl (C=O) groups is 1. The van der Waals surface area contributed by atoms with Gasteiger partial charge in [-0.05, 0) is 37.7 Å². The van der Waals surface area contributed by atoms with Gasteiger partial charge in [0.05, 0.1) is 5.25 Å². The molecule has 0 N–H and O–H groups in total. The van der Waals surface area contributed by atoms with Crippen LogP contribution in [0.5, 0.6) is 0 Å². The second-order valence-electron chi connectivity index (χ2n) is 3.92. The number of rotatable bonds is 3. The number of nitrogens with zero attached hydrogens (tertiary/aromatic N) is 1. The zero-order valence-corrected chi connectivity index (χ0v) is 10.4. The van der Waals surface area contributed by atoms with Crippen molar-refractivity contribution in [3.8, 4) is 0 Å². The molecule has 1 aromatic carbocycles. The smallest absolute Gasteiger partial charge is 0.240 e. The van der Waals surface area contributed by atoms with Gasteiger partial charge in [-0.1, -0.05) is 18.2 Å². The van der Waals surface area contributed by atoms with Crippen LogP contribution in [0.2, 0.25) is 0 Å². The Hall–Kier alpha value is -0.960. The van der Waals surface area contributed by atoms with Crippen LogP contribution >= 0.6 is 11.8 Å². The van der Waals surface area contributed by atoms with Crippen LogP contribution in [0.25, 0.3) is 0 Å². The Labute approximate surface area is 101 Å². The van der Waals surface area contributed by atoms with Crippen LogP contribution in [-0.4, -0.2) is 23.5 Å². The molecule has 0 spiro atoms. The molecule has 2 rings (SSSR count). The first kappa shape index (κ1) is 11.5. The first-order valence-electron chi connectivity index (χ1n) is 5.81. The van der Waals surface area contributed by atoms with Gasteiger partial charge in [-0.25, -0.2) is 0 Å².